The molecule has 0 aliphatic heterocycles. The summed E-state index contributed by atoms with van der Waals surface area (Å²) < 4.78 is 137. The molecule has 0 radical (unpaired) electrons. The molecular formula is C9H13F13O. The van der Waals surface area contributed by atoms with E-state index in [1.165, 1.54) is 0 Å². The van der Waals surface area contributed by atoms with Gasteiger partial charge in [-0.1, -0.05) is 6.92 Å². The first-order valence-electron chi connectivity index (χ1n) is 5.17. The Morgan fingerprint density at radius 1 is 0.826 bits per heavy atom. The van der Waals surface area contributed by atoms with Crippen molar-refractivity contribution in [3.8, 4) is 0 Å². The maximum atomic E-state index is 11.2. The Bertz CT molecular complexity index is 233. The molecule has 0 amide bonds. The normalized spacial score (nSPS) is 11.5. The Hall–Kier alpha value is -0.950. The van der Waals surface area contributed by atoms with Crippen LogP contribution in [0.25, 0.3) is 0 Å². The minimum absolute atomic E-state index is 0.319. The number of alkyl halides is 13. The SMILES string of the molecule is CCCO.FC(F)C(F)(F)C(F)(F)F.FCC(F)(F)F.FCF. The third-order valence-electron chi connectivity index (χ3n) is 1.03. The molecule has 1 nitrogen and oxygen atoms in total. The summed E-state index contributed by atoms with van der Waals surface area (Å²) in [7, 11) is 0. The van der Waals surface area contributed by atoms with E-state index < -0.39 is 38.3 Å². The van der Waals surface area contributed by atoms with Gasteiger partial charge in [0.15, 0.2) is 6.67 Å². The van der Waals surface area contributed by atoms with E-state index in [0.717, 1.165) is 6.42 Å². The predicted octanol–water partition coefficient (Wildman–Crippen LogP) is 5.24. The number of aliphatic hydroxyl groups excluding tert-OH is 1. The van der Waals surface area contributed by atoms with Crippen LogP contribution in [-0.4, -0.2) is 50.0 Å². The van der Waals surface area contributed by atoms with Crippen LogP contribution in [0.1, 0.15) is 13.3 Å². The number of halogens is 13. The van der Waals surface area contributed by atoms with Gasteiger partial charge in [-0.3, -0.25) is 0 Å². The second-order valence-corrected chi connectivity index (χ2v) is 2.99. The highest BCUT2D eigenvalue weighted by molar-refractivity contribution is 4.77. The quantitative estimate of drug-likeness (QED) is 0.646. The average Bonchev–Trinajstić information content (AvgIpc) is 2.38. The van der Waals surface area contributed by atoms with Crippen LogP contribution in [0.4, 0.5) is 57.1 Å². The molecule has 0 aliphatic rings. The smallest absolute Gasteiger partial charge is 0.396 e. The minimum Gasteiger partial charge on any atom is -0.396 e. The number of hydrogen-bond donors (Lipinski definition) is 1. The lowest BCUT2D eigenvalue weighted by atomic mass is 10.3. The van der Waals surface area contributed by atoms with E-state index in [4.69, 9.17) is 5.11 Å². The molecule has 0 fully saturated rings. The first kappa shape index (κ1) is 30.0. The van der Waals surface area contributed by atoms with Crippen molar-refractivity contribution >= 4 is 0 Å². The van der Waals surface area contributed by atoms with Crippen LogP contribution in [0.3, 0.4) is 0 Å². The highest BCUT2D eigenvalue weighted by Crippen LogP contribution is 2.39. The van der Waals surface area contributed by atoms with Crippen LogP contribution in [0.15, 0.2) is 0 Å². The zero-order chi connectivity index (χ0) is 19.9. The van der Waals surface area contributed by atoms with Gasteiger partial charge in [0, 0.05) is 6.61 Å². The molecular weight excluding hydrogens is 371 g/mol. The van der Waals surface area contributed by atoms with Crippen LogP contribution in [0.2, 0.25) is 0 Å². The van der Waals surface area contributed by atoms with Gasteiger partial charge in [0.1, 0.15) is 0 Å². The molecule has 146 valence electrons. The van der Waals surface area contributed by atoms with Crippen molar-refractivity contribution in [1.29, 1.82) is 0 Å². The second-order valence-electron chi connectivity index (χ2n) is 2.99. The molecule has 0 aromatic heterocycles. The highest BCUT2D eigenvalue weighted by atomic mass is 19.4. The predicted molar refractivity (Wildman–Crippen MR) is 53.5 cm³/mol. The molecule has 0 bridgehead atoms. The molecule has 0 atom stereocenters. The van der Waals surface area contributed by atoms with E-state index in [1.807, 2.05) is 6.92 Å². The molecule has 0 aromatic carbocycles. The van der Waals surface area contributed by atoms with E-state index in [9.17, 15) is 57.1 Å². The van der Waals surface area contributed by atoms with Crippen molar-refractivity contribution in [1.82, 2.24) is 0 Å². The van der Waals surface area contributed by atoms with E-state index in [0.29, 0.717) is 6.61 Å². The Kier molecular flexibility index (Phi) is 19.1. The molecule has 0 saturated heterocycles. The summed E-state index contributed by atoms with van der Waals surface area (Å²) in [4.78, 5) is 0. The fraction of sp³-hybridized carbons (Fsp3) is 1.00. The van der Waals surface area contributed by atoms with E-state index in [1.54, 1.807) is 0 Å². The van der Waals surface area contributed by atoms with Gasteiger partial charge in [-0.05, 0) is 6.42 Å². The molecule has 0 saturated carbocycles. The second kappa shape index (κ2) is 14.6. The summed E-state index contributed by atoms with van der Waals surface area (Å²) in [5.41, 5.74) is 0. The average molecular weight is 384 g/mol. The molecule has 0 unspecified atom stereocenters. The van der Waals surface area contributed by atoms with Gasteiger partial charge in [0.05, 0.1) is 0 Å². The third kappa shape index (κ3) is 23.4. The van der Waals surface area contributed by atoms with Crippen LogP contribution in [0, 0.1) is 0 Å². The van der Waals surface area contributed by atoms with Crippen molar-refractivity contribution in [2.24, 2.45) is 0 Å². The van der Waals surface area contributed by atoms with Gasteiger partial charge < -0.3 is 5.11 Å². The fourth-order valence-corrected chi connectivity index (χ4v) is 0.124. The number of aliphatic hydroxyl groups is 1. The summed E-state index contributed by atoms with van der Waals surface area (Å²) in [6, 6.07) is 0. The molecule has 0 spiro atoms. The van der Waals surface area contributed by atoms with Gasteiger partial charge in [-0.25, -0.2) is 22.0 Å². The third-order valence-corrected chi connectivity index (χ3v) is 1.03. The van der Waals surface area contributed by atoms with Crippen molar-refractivity contribution in [3.05, 3.63) is 0 Å². The van der Waals surface area contributed by atoms with E-state index in [2.05, 4.69) is 0 Å². The Labute approximate surface area is 122 Å². The van der Waals surface area contributed by atoms with Crippen LogP contribution in [0.5, 0.6) is 0 Å². The maximum Gasteiger partial charge on any atom is 0.459 e. The Morgan fingerprint density at radius 3 is 1.04 bits per heavy atom. The van der Waals surface area contributed by atoms with Gasteiger partial charge in [0.2, 0.25) is 6.93 Å². The lowest BCUT2D eigenvalue weighted by Gasteiger charge is -2.17. The minimum atomic E-state index is -6.17. The standard InChI is InChI=1S/C3HF7.C3H8O.C2H2F4.CH2F2/c4-1(5)2(6,7)3(8,9)10;1-2-3-4;3-1-2(4,5)6;2-1-3/h1H;4H,2-3H2,1H3;1H2;1H2. The summed E-state index contributed by atoms with van der Waals surface area (Å²) in [6.07, 6.45) is -14.6. The molecule has 0 rings (SSSR count). The summed E-state index contributed by atoms with van der Waals surface area (Å²) in [5, 5.41) is 7.88. The van der Waals surface area contributed by atoms with Crippen LogP contribution >= 0.6 is 0 Å². The zero-order valence-electron chi connectivity index (χ0n) is 11.3. The summed E-state index contributed by atoms with van der Waals surface area (Å²) >= 11 is 0. The summed E-state index contributed by atoms with van der Waals surface area (Å²) in [6.45, 7) is -1.73. The first-order valence-corrected chi connectivity index (χ1v) is 5.17. The molecule has 0 aliphatic carbocycles. The zero-order valence-corrected chi connectivity index (χ0v) is 11.3. The number of rotatable bonds is 2. The van der Waals surface area contributed by atoms with E-state index >= 15 is 0 Å². The number of hydrogen-bond acceptors (Lipinski definition) is 1. The molecule has 0 heterocycles. The Balaban J connectivity index is -0.000000118. The highest BCUT2D eigenvalue weighted by Gasteiger charge is 2.64. The van der Waals surface area contributed by atoms with E-state index in [-0.39, 0.29) is 0 Å². The fourth-order valence-electron chi connectivity index (χ4n) is 0.124. The lowest BCUT2D eigenvalue weighted by molar-refractivity contribution is -0.320. The largest absolute Gasteiger partial charge is 0.459 e. The van der Waals surface area contributed by atoms with Gasteiger partial charge in [-0.2, -0.15) is 35.1 Å². The molecule has 14 heteroatoms. The lowest BCUT2D eigenvalue weighted by Crippen LogP contribution is -2.42. The topological polar surface area (TPSA) is 20.2 Å². The van der Waals surface area contributed by atoms with Crippen molar-refractivity contribution < 1.29 is 62.2 Å². The molecule has 0 aromatic rings. The van der Waals surface area contributed by atoms with Crippen LogP contribution in [-0.2, 0) is 0 Å². The van der Waals surface area contributed by atoms with Crippen molar-refractivity contribution in [3.63, 3.8) is 0 Å². The van der Waals surface area contributed by atoms with Gasteiger partial charge in [0.25, 0.3) is 0 Å². The van der Waals surface area contributed by atoms with Crippen molar-refractivity contribution in [2.45, 2.75) is 38.0 Å². The van der Waals surface area contributed by atoms with Crippen molar-refractivity contribution in [2.75, 3.05) is 20.2 Å². The summed E-state index contributed by atoms with van der Waals surface area (Å²) in [5.74, 6) is -5.90. The Morgan fingerprint density at radius 2 is 1.04 bits per heavy atom. The van der Waals surface area contributed by atoms with Crippen LogP contribution < -0.4 is 0 Å². The molecule has 1 N–H and O–H groups in total. The van der Waals surface area contributed by atoms with Gasteiger partial charge in [-0.15, -0.1) is 0 Å². The monoisotopic (exact) mass is 384 g/mol. The maximum absolute atomic E-state index is 11.2. The van der Waals surface area contributed by atoms with Gasteiger partial charge >= 0.3 is 24.7 Å². The first-order chi connectivity index (χ1) is 10.1. The molecule has 23 heavy (non-hydrogen) atoms.